The maximum Gasteiger partial charge on any atom is 0.226 e. The smallest absolute Gasteiger partial charge is 0.226 e. The van der Waals surface area contributed by atoms with Gasteiger partial charge in [-0.1, -0.05) is 18.2 Å². The molecule has 5 nitrogen and oxygen atoms in total. The molecule has 0 radical (unpaired) electrons. The molecule has 0 bridgehead atoms. The van der Waals surface area contributed by atoms with Crippen molar-refractivity contribution in [2.24, 2.45) is 0 Å². The van der Waals surface area contributed by atoms with E-state index >= 15 is 0 Å². The summed E-state index contributed by atoms with van der Waals surface area (Å²) < 4.78 is 0. The van der Waals surface area contributed by atoms with Crippen LogP contribution < -0.4 is 10.2 Å². The molecule has 1 aliphatic rings. The minimum absolute atomic E-state index is 0.0309. The van der Waals surface area contributed by atoms with E-state index in [0.29, 0.717) is 13.0 Å². The number of hydrogen-bond acceptors (Lipinski definition) is 5. The van der Waals surface area contributed by atoms with E-state index in [4.69, 9.17) is 0 Å². The molecule has 3 aromatic rings. The molecular weight excluding hydrogens is 356 g/mol. The fourth-order valence-corrected chi connectivity index (χ4v) is 4.20. The SMILES string of the molecule is O=C(Cc1csc(-c2ccncc2)n1)NCCCN1CCc2ccccc21. The van der Waals surface area contributed by atoms with Crippen molar-refractivity contribution in [3.63, 3.8) is 0 Å². The number of fused-ring (bicyclic) bond motifs is 1. The van der Waals surface area contributed by atoms with Gasteiger partial charge in [0.25, 0.3) is 0 Å². The van der Waals surface area contributed by atoms with Crippen LogP contribution in [0.1, 0.15) is 17.7 Å². The van der Waals surface area contributed by atoms with Gasteiger partial charge in [0.15, 0.2) is 0 Å². The summed E-state index contributed by atoms with van der Waals surface area (Å²) >= 11 is 1.56. The first kappa shape index (κ1) is 17.7. The predicted octanol–water partition coefficient (Wildman–Crippen LogP) is 3.32. The summed E-state index contributed by atoms with van der Waals surface area (Å²) in [5.74, 6) is 0.0309. The molecule has 0 atom stereocenters. The van der Waals surface area contributed by atoms with Gasteiger partial charge in [-0.25, -0.2) is 4.98 Å². The number of benzene rings is 1. The lowest BCUT2D eigenvalue weighted by Gasteiger charge is -2.19. The van der Waals surface area contributed by atoms with Gasteiger partial charge in [-0.05, 0) is 36.6 Å². The van der Waals surface area contributed by atoms with E-state index in [1.165, 1.54) is 11.3 Å². The lowest BCUT2D eigenvalue weighted by Crippen LogP contribution is -2.30. The van der Waals surface area contributed by atoms with Crippen LogP contribution >= 0.6 is 11.3 Å². The Bertz CT molecular complexity index is 909. The molecule has 0 saturated carbocycles. The zero-order chi connectivity index (χ0) is 18.5. The molecular formula is C21H22N4OS. The van der Waals surface area contributed by atoms with Crippen LogP contribution in [0.5, 0.6) is 0 Å². The lowest BCUT2D eigenvalue weighted by molar-refractivity contribution is -0.120. The monoisotopic (exact) mass is 378 g/mol. The molecule has 0 spiro atoms. The number of carbonyl (C=O) groups is 1. The summed E-state index contributed by atoms with van der Waals surface area (Å²) in [6.45, 7) is 2.74. The van der Waals surface area contributed by atoms with Crippen molar-refractivity contribution in [2.75, 3.05) is 24.5 Å². The Morgan fingerprint density at radius 3 is 2.93 bits per heavy atom. The first-order chi connectivity index (χ1) is 13.3. The van der Waals surface area contributed by atoms with Crippen LogP contribution in [0.4, 0.5) is 5.69 Å². The highest BCUT2D eigenvalue weighted by atomic mass is 32.1. The summed E-state index contributed by atoms with van der Waals surface area (Å²) in [6, 6.07) is 12.4. The fraction of sp³-hybridized carbons (Fsp3) is 0.286. The van der Waals surface area contributed by atoms with Crippen LogP contribution in [0.2, 0.25) is 0 Å². The summed E-state index contributed by atoms with van der Waals surface area (Å²) in [4.78, 5) is 23.2. The van der Waals surface area contributed by atoms with Crippen LogP contribution in [0.3, 0.4) is 0 Å². The van der Waals surface area contributed by atoms with E-state index in [1.54, 1.807) is 23.7 Å². The second kappa shape index (κ2) is 8.31. The van der Waals surface area contributed by atoms with E-state index in [0.717, 1.165) is 42.2 Å². The first-order valence-electron chi connectivity index (χ1n) is 9.24. The minimum Gasteiger partial charge on any atom is -0.371 e. The second-order valence-electron chi connectivity index (χ2n) is 6.63. The molecule has 1 aliphatic heterocycles. The number of carbonyl (C=O) groups excluding carboxylic acids is 1. The van der Waals surface area contributed by atoms with Gasteiger partial charge in [-0.15, -0.1) is 11.3 Å². The van der Waals surface area contributed by atoms with Crippen molar-refractivity contribution < 1.29 is 4.79 Å². The third-order valence-corrected chi connectivity index (χ3v) is 5.67. The Morgan fingerprint density at radius 2 is 2.04 bits per heavy atom. The molecule has 1 N–H and O–H groups in total. The van der Waals surface area contributed by atoms with Crippen molar-refractivity contribution in [1.82, 2.24) is 15.3 Å². The first-order valence-corrected chi connectivity index (χ1v) is 10.1. The molecule has 0 fully saturated rings. The number of rotatable bonds is 7. The number of para-hydroxylation sites is 1. The zero-order valence-electron chi connectivity index (χ0n) is 15.1. The molecule has 6 heteroatoms. The van der Waals surface area contributed by atoms with Crippen LogP contribution in [-0.4, -0.2) is 35.5 Å². The van der Waals surface area contributed by atoms with Gasteiger partial charge in [0, 0.05) is 48.7 Å². The number of aromatic nitrogens is 2. The predicted molar refractivity (Wildman–Crippen MR) is 109 cm³/mol. The normalized spacial score (nSPS) is 12.8. The van der Waals surface area contributed by atoms with E-state index in [1.807, 2.05) is 17.5 Å². The number of hydrogen-bond donors (Lipinski definition) is 1. The molecule has 3 heterocycles. The van der Waals surface area contributed by atoms with E-state index in [-0.39, 0.29) is 5.91 Å². The standard InChI is InChI=1S/C21H22N4OS/c26-20(14-18-15-27-21(24-18)17-6-10-22-11-7-17)23-9-3-12-25-13-8-16-4-1-2-5-19(16)25/h1-2,4-7,10-11,15H,3,8-9,12-14H2,(H,23,26). The van der Waals surface area contributed by atoms with Crippen molar-refractivity contribution in [1.29, 1.82) is 0 Å². The Hall–Kier alpha value is -2.73. The Balaban J connectivity index is 1.21. The minimum atomic E-state index is 0.0309. The van der Waals surface area contributed by atoms with Crippen LogP contribution in [0.25, 0.3) is 10.6 Å². The molecule has 0 aliphatic carbocycles. The van der Waals surface area contributed by atoms with Gasteiger partial charge in [-0.3, -0.25) is 9.78 Å². The molecule has 1 aromatic carbocycles. The average molecular weight is 379 g/mol. The Labute approximate surface area is 163 Å². The van der Waals surface area contributed by atoms with Crippen molar-refractivity contribution >= 4 is 22.9 Å². The molecule has 27 heavy (non-hydrogen) atoms. The van der Waals surface area contributed by atoms with E-state index < -0.39 is 0 Å². The number of nitrogens with one attached hydrogen (secondary N) is 1. The number of anilines is 1. The van der Waals surface area contributed by atoms with Crippen LogP contribution in [0, 0.1) is 0 Å². The highest BCUT2D eigenvalue weighted by molar-refractivity contribution is 7.13. The molecule has 4 rings (SSSR count). The Morgan fingerprint density at radius 1 is 1.19 bits per heavy atom. The van der Waals surface area contributed by atoms with Gasteiger partial charge in [-0.2, -0.15) is 0 Å². The maximum atomic E-state index is 12.2. The summed E-state index contributed by atoms with van der Waals surface area (Å²) in [5.41, 5.74) is 4.62. The Kier molecular flexibility index (Phi) is 5.44. The number of thiazole rings is 1. The molecule has 138 valence electrons. The van der Waals surface area contributed by atoms with Gasteiger partial charge in [0.05, 0.1) is 12.1 Å². The van der Waals surface area contributed by atoms with Crippen molar-refractivity contribution in [3.05, 3.63) is 65.4 Å². The van der Waals surface area contributed by atoms with Crippen molar-refractivity contribution in [2.45, 2.75) is 19.3 Å². The van der Waals surface area contributed by atoms with Gasteiger partial charge in [0.1, 0.15) is 5.01 Å². The third kappa shape index (κ3) is 4.34. The average Bonchev–Trinajstić information content (AvgIpc) is 3.33. The van der Waals surface area contributed by atoms with Crippen molar-refractivity contribution in [3.8, 4) is 10.6 Å². The van der Waals surface area contributed by atoms with Crippen LogP contribution in [0.15, 0.2) is 54.2 Å². The third-order valence-electron chi connectivity index (χ3n) is 4.73. The second-order valence-corrected chi connectivity index (χ2v) is 7.48. The van der Waals surface area contributed by atoms with Crippen LogP contribution in [-0.2, 0) is 17.6 Å². The topological polar surface area (TPSA) is 58.1 Å². The van der Waals surface area contributed by atoms with Gasteiger partial charge >= 0.3 is 0 Å². The molecule has 2 aromatic heterocycles. The summed E-state index contributed by atoms with van der Waals surface area (Å²) in [6.07, 6.45) is 5.89. The van der Waals surface area contributed by atoms with E-state index in [9.17, 15) is 4.79 Å². The number of pyridine rings is 1. The quantitative estimate of drug-likeness (QED) is 0.641. The summed E-state index contributed by atoms with van der Waals surface area (Å²) in [7, 11) is 0. The fourth-order valence-electron chi connectivity index (χ4n) is 3.38. The maximum absolute atomic E-state index is 12.2. The summed E-state index contributed by atoms with van der Waals surface area (Å²) in [5, 5.41) is 5.90. The number of nitrogens with zero attached hydrogens (tertiary/aromatic N) is 3. The zero-order valence-corrected chi connectivity index (χ0v) is 15.9. The lowest BCUT2D eigenvalue weighted by atomic mass is 10.2. The number of amides is 1. The highest BCUT2D eigenvalue weighted by Crippen LogP contribution is 2.27. The molecule has 1 amide bonds. The highest BCUT2D eigenvalue weighted by Gasteiger charge is 2.17. The largest absolute Gasteiger partial charge is 0.371 e. The molecule has 0 saturated heterocycles. The van der Waals surface area contributed by atoms with Gasteiger partial charge < -0.3 is 10.2 Å². The molecule has 0 unspecified atom stereocenters. The van der Waals surface area contributed by atoms with E-state index in [2.05, 4.69) is 44.5 Å². The van der Waals surface area contributed by atoms with Gasteiger partial charge in [0.2, 0.25) is 5.91 Å².